The second kappa shape index (κ2) is 8.17. The van der Waals surface area contributed by atoms with Crippen molar-refractivity contribution in [1.82, 2.24) is 4.90 Å². The fourth-order valence-electron chi connectivity index (χ4n) is 3.37. The van der Waals surface area contributed by atoms with E-state index in [2.05, 4.69) is 9.89 Å². The van der Waals surface area contributed by atoms with E-state index in [1.54, 1.807) is 0 Å². The molecule has 25 heavy (non-hydrogen) atoms. The van der Waals surface area contributed by atoms with E-state index in [1.165, 1.54) is 6.42 Å². The van der Waals surface area contributed by atoms with E-state index in [0.717, 1.165) is 37.1 Å². The number of aliphatic hydroxyl groups is 1. The van der Waals surface area contributed by atoms with Crippen LogP contribution in [-0.2, 0) is 12.0 Å². The van der Waals surface area contributed by atoms with E-state index in [4.69, 9.17) is 5.73 Å². The summed E-state index contributed by atoms with van der Waals surface area (Å²) in [6, 6.07) is 19.8. The van der Waals surface area contributed by atoms with E-state index < -0.39 is 5.60 Å². The van der Waals surface area contributed by atoms with Crippen LogP contribution >= 0.6 is 0 Å². The number of likely N-dealkylation sites (tertiary alicyclic amines) is 1. The molecule has 1 unspecified atom stereocenters. The molecule has 2 aromatic rings. The number of nitrogens with zero attached hydrogens (tertiary/aromatic N) is 2. The monoisotopic (exact) mass is 337 g/mol. The molecule has 3 rings (SSSR count). The van der Waals surface area contributed by atoms with Gasteiger partial charge in [0.2, 0.25) is 0 Å². The Balaban J connectivity index is 1.81. The van der Waals surface area contributed by atoms with E-state index in [9.17, 15) is 5.11 Å². The Morgan fingerprint density at radius 2 is 1.56 bits per heavy atom. The molecule has 4 heteroatoms. The summed E-state index contributed by atoms with van der Waals surface area (Å²) in [6.45, 7) is 2.17. The second-order valence-corrected chi connectivity index (χ2v) is 6.78. The van der Waals surface area contributed by atoms with Gasteiger partial charge in [0, 0.05) is 19.5 Å². The molecule has 1 saturated heterocycles. The topological polar surface area (TPSA) is 61.9 Å². The summed E-state index contributed by atoms with van der Waals surface area (Å²) in [5.74, 6) is 0.544. The van der Waals surface area contributed by atoms with Crippen molar-refractivity contribution in [2.45, 2.75) is 31.3 Å². The Hall–Kier alpha value is -2.33. The van der Waals surface area contributed by atoms with Gasteiger partial charge in [0.15, 0.2) is 5.96 Å². The molecule has 0 amide bonds. The summed E-state index contributed by atoms with van der Waals surface area (Å²) >= 11 is 0. The first-order chi connectivity index (χ1) is 12.2. The molecule has 132 valence electrons. The van der Waals surface area contributed by atoms with Crippen molar-refractivity contribution in [3.63, 3.8) is 0 Å². The average Bonchev–Trinajstić information content (AvgIpc) is 2.68. The third kappa shape index (κ3) is 4.60. The van der Waals surface area contributed by atoms with Crippen LogP contribution in [0.2, 0.25) is 0 Å². The quantitative estimate of drug-likeness (QED) is 0.651. The molecule has 4 nitrogen and oxygen atoms in total. The van der Waals surface area contributed by atoms with Gasteiger partial charge >= 0.3 is 0 Å². The number of benzene rings is 2. The molecule has 0 aliphatic carbocycles. The number of aliphatic imine (C=N–C) groups is 1. The zero-order valence-electron chi connectivity index (χ0n) is 14.6. The molecule has 0 aromatic heterocycles. The van der Waals surface area contributed by atoms with Crippen molar-refractivity contribution in [3.05, 3.63) is 71.8 Å². The fraction of sp³-hybridized carbons (Fsp3) is 0.381. The first-order valence-electron chi connectivity index (χ1n) is 9.04. The number of rotatable bonds is 5. The molecule has 0 spiro atoms. The normalized spacial score (nSPS) is 18.0. The standard InChI is InChI=1S/C21H27N3O/c22-20(24-14-8-3-9-15-24)23-17-21(25,19-12-6-2-7-13-19)16-18-10-4-1-5-11-18/h1-2,4-7,10-13,25H,3,8-9,14-17H2,(H2,22,23). The highest BCUT2D eigenvalue weighted by Gasteiger charge is 2.30. The average molecular weight is 337 g/mol. The third-order valence-corrected chi connectivity index (χ3v) is 4.83. The second-order valence-electron chi connectivity index (χ2n) is 6.78. The van der Waals surface area contributed by atoms with E-state index in [-0.39, 0.29) is 6.54 Å². The largest absolute Gasteiger partial charge is 0.383 e. The first kappa shape index (κ1) is 17.5. The van der Waals surface area contributed by atoms with Crippen molar-refractivity contribution >= 4 is 5.96 Å². The van der Waals surface area contributed by atoms with Crippen molar-refractivity contribution < 1.29 is 5.11 Å². The lowest BCUT2D eigenvalue weighted by atomic mass is 9.87. The van der Waals surface area contributed by atoms with Gasteiger partial charge in [-0.2, -0.15) is 0 Å². The van der Waals surface area contributed by atoms with Crippen LogP contribution in [0.3, 0.4) is 0 Å². The first-order valence-corrected chi connectivity index (χ1v) is 9.04. The van der Waals surface area contributed by atoms with Gasteiger partial charge in [0.1, 0.15) is 5.60 Å². The smallest absolute Gasteiger partial charge is 0.191 e. The highest BCUT2D eigenvalue weighted by molar-refractivity contribution is 5.78. The predicted molar refractivity (Wildman–Crippen MR) is 102 cm³/mol. The molecule has 0 radical (unpaired) electrons. The molecule has 1 aliphatic heterocycles. The third-order valence-electron chi connectivity index (χ3n) is 4.83. The molecular weight excluding hydrogens is 310 g/mol. The summed E-state index contributed by atoms with van der Waals surface area (Å²) < 4.78 is 0. The summed E-state index contributed by atoms with van der Waals surface area (Å²) in [6.07, 6.45) is 4.08. The van der Waals surface area contributed by atoms with Crippen molar-refractivity contribution in [3.8, 4) is 0 Å². The molecule has 0 saturated carbocycles. The van der Waals surface area contributed by atoms with Crippen LogP contribution < -0.4 is 5.73 Å². The zero-order chi connectivity index (χ0) is 17.5. The van der Waals surface area contributed by atoms with Crippen LogP contribution in [0.15, 0.2) is 65.7 Å². The number of piperidine rings is 1. The van der Waals surface area contributed by atoms with E-state index in [0.29, 0.717) is 12.4 Å². The van der Waals surface area contributed by atoms with Crippen molar-refractivity contribution in [2.75, 3.05) is 19.6 Å². The van der Waals surface area contributed by atoms with Gasteiger partial charge in [-0.25, -0.2) is 4.99 Å². The van der Waals surface area contributed by atoms with Gasteiger partial charge in [-0.3, -0.25) is 0 Å². The Kier molecular flexibility index (Phi) is 5.71. The highest BCUT2D eigenvalue weighted by Crippen LogP contribution is 2.26. The maximum atomic E-state index is 11.4. The molecule has 1 atom stereocenters. The van der Waals surface area contributed by atoms with Crippen LogP contribution in [-0.4, -0.2) is 35.6 Å². The Bertz CT molecular complexity index is 681. The van der Waals surface area contributed by atoms with Gasteiger partial charge in [-0.05, 0) is 30.4 Å². The Morgan fingerprint density at radius 1 is 0.960 bits per heavy atom. The SMILES string of the molecule is NC(=NCC(O)(Cc1ccccc1)c1ccccc1)N1CCCCC1. The highest BCUT2D eigenvalue weighted by atomic mass is 16.3. The van der Waals surface area contributed by atoms with Crippen LogP contribution in [0.5, 0.6) is 0 Å². The maximum Gasteiger partial charge on any atom is 0.191 e. The molecule has 2 aromatic carbocycles. The van der Waals surface area contributed by atoms with Crippen LogP contribution in [0.1, 0.15) is 30.4 Å². The summed E-state index contributed by atoms with van der Waals surface area (Å²) in [5, 5.41) is 11.4. The van der Waals surface area contributed by atoms with Crippen LogP contribution in [0.25, 0.3) is 0 Å². The summed E-state index contributed by atoms with van der Waals surface area (Å²) in [7, 11) is 0. The van der Waals surface area contributed by atoms with Gasteiger partial charge in [-0.1, -0.05) is 60.7 Å². The fourth-order valence-corrected chi connectivity index (χ4v) is 3.37. The van der Waals surface area contributed by atoms with Crippen molar-refractivity contribution in [2.24, 2.45) is 10.7 Å². The van der Waals surface area contributed by atoms with E-state index in [1.807, 2.05) is 60.7 Å². The van der Waals surface area contributed by atoms with Crippen molar-refractivity contribution in [1.29, 1.82) is 0 Å². The minimum absolute atomic E-state index is 0.258. The lowest BCUT2D eigenvalue weighted by molar-refractivity contribution is 0.0465. The minimum atomic E-state index is -1.07. The van der Waals surface area contributed by atoms with Crippen LogP contribution in [0, 0.1) is 0 Å². The van der Waals surface area contributed by atoms with Crippen LogP contribution in [0.4, 0.5) is 0 Å². The predicted octanol–water partition coefficient (Wildman–Crippen LogP) is 2.92. The number of hydrogen-bond donors (Lipinski definition) is 2. The molecule has 0 bridgehead atoms. The van der Waals surface area contributed by atoms with Gasteiger partial charge in [0.05, 0.1) is 6.54 Å². The Labute approximate surface area is 150 Å². The number of nitrogens with two attached hydrogens (primary N) is 1. The summed E-state index contributed by atoms with van der Waals surface area (Å²) in [4.78, 5) is 6.69. The molecular formula is C21H27N3O. The molecule has 1 fully saturated rings. The summed E-state index contributed by atoms with van der Waals surface area (Å²) in [5.41, 5.74) is 7.08. The number of guanidine groups is 1. The molecule has 3 N–H and O–H groups in total. The van der Waals surface area contributed by atoms with Gasteiger partial charge in [-0.15, -0.1) is 0 Å². The van der Waals surface area contributed by atoms with Gasteiger partial charge < -0.3 is 15.7 Å². The zero-order valence-corrected chi connectivity index (χ0v) is 14.6. The van der Waals surface area contributed by atoms with Gasteiger partial charge in [0.25, 0.3) is 0 Å². The molecule has 1 heterocycles. The molecule has 1 aliphatic rings. The maximum absolute atomic E-state index is 11.4. The number of hydrogen-bond acceptors (Lipinski definition) is 2. The minimum Gasteiger partial charge on any atom is -0.383 e. The van der Waals surface area contributed by atoms with E-state index >= 15 is 0 Å². The lowest BCUT2D eigenvalue weighted by Crippen LogP contribution is -2.42. The Morgan fingerprint density at radius 3 is 2.20 bits per heavy atom. The lowest BCUT2D eigenvalue weighted by Gasteiger charge is -2.30.